The fourth-order valence-corrected chi connectivity index (χ4v) is 4.89. The first-order chi connectivity index (χ1) is 13.9. The predicted octanol–water partition coefficient (Wildman–Crippen LogP) is 4.84. The van der Waals surface area contributed by atoms with Crippen LogP contribution in [0.1, 0.15) is 65.0 Å². The van der Waals surface area contributed by atoms with E-state index < -0.39 is 0 Å². The molecule has 0 fully saturated rings. The Morgan fingerprint density at radius 1 is 1.28 bits per heavy atom. The number of aromatic nitrogens is 2. The Labute approximate surface area is 175 Å². The number of pyridine rings is 1. The number of allylic oxidation sites excluding steroid dienone is 2. The molecule has 0 spiro atoms. The largest absolute Gasteiger partial charge is 0.348 e. The molecule has 2 aromatic heterocycles. The molecule has 2 heterocycles. The van der Waals surface area contributed by atoms with Crippen molar-refractivity contribution in [3.05, 3.63) is 62.2 Å². The molecule has 152 valence electrons. The van der Waals surface area contributed by atoms with Crippen LogP contribution in [0.2, 0.25) is 0 Å². The van der Waals surface area contributed by atoms with Crippen LogP contribution >= 0.6 is 11.8 Å². The lowest BCUT2D eigenvalue weighted by molar-refractivity contribution is 0.102. The number of carbonyl (C=O) groups excluding carboxylic acids is 1. The van der Waals surface area contributed by atoms with Gasteiger partial charge in [0.05, 0.1) is 16.3 Å². The molecule has 0 bridgehead atoms. The maximum atomic E-state index is 12.9. The van der Waals surface area contributed by atoms with E-state index in [0.29, 0.717) is 16.2 Å². The number of Topliss-reactive ketones (excluding diaryl/α,β-unsaturated/α-hetero) is 1. The summed E-state index contributed by atoms with van der Waals surface area (Å²) in [5, 5.41) is 9.81. The van der Waals surface area contributed by atoms with Crippen molar-refractivity contribution in [2.75, 3.05) is 5.75 Å². The van der Waals surface area contributed by atoms with E-state index in [0.717, 1.165) is 29.9 Å². The third-order valence-corrected chi connectivity index (χ3v) is 6.58. The second-order valence-corrected chi connectivity index (χ2v) is 8.62. The zero-order valence-corrected chi connectivity index (χ0v) is 18.1. The highest BCUT2D eigenvalue weighted by Crippen LogP contribution is 2.25. The SMILES string of the molecule is Cc1cc(=O)[nH]c(SCC(=O)c2cc(C)n(CCC3=CCCCC3)c2C)c1C#N. The van der Waals surface area contributed by atoms with Crippen LogP contribution in [0.15, 0.2) is 33.6 Å². The highest BCUT2D eigenvalue weighted by Gasteiger charge is 2.18. The van der Waals surface area contributed by atoms with Gasteiger partial charge in [0.15, 0.2) is 5.78 Å². The van der Waals surface area contributed by atoms with Gasteiger partial charge in [-0.2, -0.15) is 5.26 Å². The molecule has 1 aliphatic rings. The second-order valence-electron chi connectivity index (χ2n) is 7.64. The van der Waals surface area contributed by atoms with Crippen LogP contribution in [0.4, 0.5) is 0 Å². The van der Waals surface area contributed by atoms with E-state index in [-0.39, 0.29) is 17.1 Å². The maximum absolute atomic E-state index is 12.9. The molecule has 1 aliphatic carbocycles. The molecule has 0 unspecified atom stereocenters. The van der Waals surface area contributed by atoms with Gasteiger partial charge in [-0.1, -0.05) is 23.4 Å². The number of rotatable bonds is 7. The normalized spacial score (nSPS) is 13.8. The molecule has 3 rings (SSSR count). The summed E-state index contributed by atoms with van der Waals surface area (Å²) in [6.45, 7) is 6.66. The molecular weight excluding hydrogens is 382 g/mol. The predicted molar refractivity (Wildman–Crippen MR) is 117 cm³/mol. The number of nitriles is 1. The van der Waals surface area contributed by atoms with E-state index in [4.69, 9.17) is 0 Å². The van der Waals surface area contributed by atoms with E-state index in [9.17, 15) is 14.9 Å². The van der Waals surface area contributed by atoms with Crippen molar-refractivity contribution in [1.82, 2.24) is 9.55 Å². The molecule has 0 radical (unpaired) electrons. The zero-order chi connectivity index (χ0) is 21.0. The molecule has 0 aliphatic heterocycles. The summed E-state index contributed by atoms with van der Waals surface area (Å²) < 4.78 is 2.22. The molecule has 6 heteroatoms. The minimum atomic E-state index is -0.258. The average molecular weight is 410 g/mol. The van der Waals surface area contributed by atoms with E-state index in [1.165, 1.54) is 49.1 Å². The number of thioether (sulfide) groups is 1. The van der Waals surface area contributed by atoms with Gasteiger partial charge in [-0.25, -0.2) is 0 Å². The average Bonchev–Trinajstić information content (AvgIpc) is 2.98. The highest BCUT2D eigenvalue weighted by atomic mass is 32.2. The topological polar surface area (TPSA) is 78.7 Å². The lowest BCUT2D eigenvalue weighted by Crippen LogP contribution is -2.11. The molecule has 2 aromatic rings. The summed E-state index contributed by atoms with van der Waals surface area (Å²) in [5.74, 6) is 0.196. The Morgan fingerprint density at radius 3 is 2.76 bits per heavy atom. The Morgan fingerprint density at radius 2 is 2.07 bits per heavy atom. The zero-order valence-electron chi connectivity index (χ0n) is 17.3. The molecule has 0 atom stereocenters. The van der Waals surface area contributed by atoms with Crippen molar-refractivity contribution in [2.24, 2.45) is 0 Å². The van der Waals surface area contributed by atoms with E-state index in [1.807, 2.05) is 19.9 Å². The number of carbonyl (C=O) groups is 1. The van der Waals surface area contributed by atoms with Crippen LogP contribution in [0, 0.1) is 32.1 Å². The van der Waals surface area contributed by atoms with Gasteiger partial charge in [-0.3, -0.25) is 9.59 Å². The summed E-state index contributed by atoms with van der Waals surface area (Å²) in [6.07, 6.45) is 8.36. The van der Waals surface area contributed by atoms with Gasteiger partial charge < -0.3 is 9.55 Å². The first-order valence-electron chi connectivity index (χ1n) is 10.1. The molecule has 0 saturated carbocycles. The van der Waals surface area contributed by atoms with Crippen LogP contribution in [0.5, 0.6) is 0 Å². The minimum absolute atomic E-state index is 0.0116. The number of ketones is 1. The van der Waals surface area contributed by atoms with Crippen LogP contribution in [0.25, 0.3) is 0 Å². The number of H-pyrrole nitrogens is 1. The van der Waals surface area contributed by atoms with Crippen LogP contribution in [-0.2, 0) is 6.54 Å². The standard InChI is InChI=1S/C23H27N3O2S/c1-15-11-22(28)25-23(20(15)13-24)29-14-21(27)19-12-16(2)26(17(19)3)10-9-18-7-5-4-6-8-18/h7,11-12H,4-6,8-10,14H2,1-3H3,(H,25,28). The summed E-state index contributed by atoms with van der Waals surface area (Å²) in [5.41, 5.74) is 5.12. The van der Waals surface area contributed by atoms with Crippen molar-refractivity contribution in [1.29, 1.82) is 5.26 Å². The molecule has 29 heavy (non-hydrogen) atoms. The van der Waals surface area contributed by atoms with Gasteiger partial charge in [0, 0.05) is 29.6 Å². The first-order valence-corrected chi connectivity index (χ1v) is 11.0. The number of hydrogen-bond acceptors (Lipinski definition) is 4. The van der Waals surface area contributed by atoms with Crippen LogP contribution < -0.4 is 5.56 Å². The third kappa shape index (κ3) is 4.91. The Hall–Kier alpha value is -2.52. The number of nitrogens with one attached hydrogen (secondary N) is 1. The summed E-state index contributed by atoms with van der Waals surface area (Å²) in [7, 11) is 0. The lowest BCUT2D eigenvalue weighted by Gasteiger charge is -2.15. The number of aromatic amines is 1. The molecule has 0 saturated heterocycles. The van der Waals surface area contributed by atoms with Gasteiger partial charge in [0.1, 0.15) is 6.07 Å². The van der Waals surface area contributed by atoms with Crippen molar-refractivity contribution in [3.8, 4) is 6.07 Å². The van der Waals surface area contributed by atoms with Crippen LogP contribution in [0.3, 0.4) is 0 Å². The minimum Gasteiger partial charge on any atom is -0.348 e. The molecular formula is C23H27N3O2S. The van der Waals surface area contributed by atoms with Gasteiger partial charge >= 0.3 is 0 Å². The van der Waals surface area contributed by atoms with Gasteiger partial charge in [-0.05, 0) is 64.5 Å². The van der Waals surface area contributed by atoms with Gasteiger partial charge in [-0.15, -0.1) is 0 Å². The highest BCUT2D eigenvalue weighted by molar-refractivity contribution is 8.00. The summed E-state index contributed by atoms with van der Waals surface area (Å²) >= 11 is 1.22. The van der Waals surface area contributed by atoms with E-state index in [2.05, 4.69) is 21.7 Å². The number of nitrogens with zero attached hydrogens (tertiary/aromatic N) is 2. The fourth-order valence-electron chi connectivity index (χ4n) is 3.94. The van der Waals surface area contributed by atoms with Crippen molar-refractivity contribution in [3.63, 3.8) is 0 Å². The Kier molecular flexibility index (Phi) is 6.81. The second kappa shape index (κ2) is 9.32. The number of hydrogen-bond donors (Lipinski definition) is 1. The third-order valence-electron chi connectivity index (χ3n) is 5.58. The smallest absolute Gasteiger partial charge is 0.249 e. The van der Waals surface area contributed by atoms with Crippen molar-refractivity contribution < 1.29 is 4.79 Å². The fraction of sp³-hybridized carbons (Fsp3) is 0.435. The molecule has 0 aromatic carbocycles. The first kappa shape index (κ1) is 21.2. The summed E-state index contributed by atoms with van der Waals surface area (Å²) in [4.78, 5) is 27.3. The maximum Gasteiger partial charge on any atom is 0.249 e. The monoisotopic (exact) mass is 409 g/mol. The van der Waals surface area contributed by atoms with E-state index >= 15 is 0 Å². The van der Waals surface area contributed by atoms with Crippen molar-refractivity contribution in [2.45, 2.75) is 64.4 Å². The van der Waals surface area contributed by atoms with Crippen LogP contribution in [-0.4, -0.2) is 21.1 Å². The molecule has 5 nitrogen and oxygen atoms in total. The van der Waals surface area contributed by atoms with Crippen molar-refractivity contribution >= 4 is 17.5 Å². The number of aryl methyl sites for hydroxylation is 2. The summed E-state index contributed by atoms with van der Waals surface area (Å²) in [6, 6.07) is 5.47. The van der Waals surface area contributed by atoms with E-state index in [1.54, 1.807) is 6.92 Å². The molecule has 0 amide bonds. The Bertz CT molecular complexity index is 1050. The quantitative estimate of drug-likeness (QED) is 0.403. The lowest BCUT2D eigenvalue weighted by atomic mass is 9.97. The molecule has 1 N–H and O–H groups in total. The van der Waals surface area contributed by atoms with Gasteiger partial charge in [0.25, 0.3) is 0 Å². The van der Waals surface area contributed by atoms with Gasteiger partial charge in [0.2, 0.25) is 5.56 Å². The Balaban J connectivity index is 1.71.